The van der Waals surface area contributed by atoms with Gasteiger partial charge in [-0.05, 0) is 36.5 Å². The summed E-state index contributed by atoms with van der Waals surface area (Å²) in [5.41, 5.74) is 5.74. The summed E-state index contributed by atoms with van der Waals surface area (Å²) in [5, 5.41) is 4.17. The molecule has 5 nitrogen and oxygen atoms in total. The van der Waals surface area contributed by atoms with Crippen LogP contribution in [-0.2, 0) is 11.3 Å². The Bertz CT molecular complexity index is 1020. The molecular formula is C24H27N3O2. The third-order valence-corrected chi connectivity index (χ3v) is 5.65. The zero-order chi connectivity index (χ0) is 20.5. The van der Waals surface area contributed by atoms with Crippen LogP contribution in [0.25, 0.3) is 11.4 Å². The highest BCUT2D eigenvalue weighted by Crippen LogP contribution is 2.30. The number of aromatic nitrogens is 2. The van der Waals surface area contributed by atoms with Crippen molar-refractivity contribution in [2.24, 2.45) is 0 Å². The monoisotopic (exact) mass is 389 g/mol. The van der Waals surface area contributed by atoms with E-state index < -0.39 is 0 Å². The number of likely N-dealkylation sites (tertiary alicyclic amines) is 1. The van der Waals surface area contributed by atoms with Crippen LogP contribution in [0, 0.1) is 13.8 Å². The van der Waals surface area contributed by atoms with E-state index in [4.69, 9.17) is 4.52 Å². The molecule has 0 saturated carbocycles. The number of amides is 1. The van der Waals surface area contributed by atoms with Gasteiger partial charge in [0, 0.05) is 25.1 Å². The fraction of sp³-hybridized carbons (Fsp3) is 0.375. The first-order valence-corrected chi connectivity index (χ1v) is 10.2. The van der Waals surface area contributed by atoms with Gasteiger partial charge in [0.25, 0.3) is 0 Å². The Labute approximate surface area is 171 Å². The largest absolute Gasteiger partial charge is 0.339 e. The van der Waals surface area contributed by atoms with Gasteiger partial charge in [0.15, 0.2) is 0 Å². The maximum Gasteiger partial charge on any atom is 0.232 e. The van der Waals surface area contributed by atoms with Gasteiger partial charge < -0.3 is 9.42 Å². The lowest BCUT2D eigenvalue weighted by Gasteiger charge is -2.16. The number of carbonyl (C=O) groups excluding carboxylic acids is 1. The van der Waals surface area contributed by atoms with Crippen molar-refractivity contribution in [3.05, 3.63) is 70.6 Å². The predicted octanol–water partition coefficient (Wildman–Crippen LogP) is 4.99. The zero-order valence-corrected chi connectivity index (χ0v) is 17.5. The third-order valence-electron chi connectivity index (χ3n) is 5.65. The van der Waals surface area contributed by atoms with Crippen LogP contribution in [0.2, 0.25) is 0 Å². The Morgan fingerprint density at radius 3 is 2.59 bits per heavy atom. The van der Waals surface area contributed by atoms with Crippen molar-refractivity contribution in [3.63, 3.8) is 0 Å². The van der Waals surface area contributed by atoms with E-state index >= 15 is 0 Å². The molecule has 0 bridgehead atoms. The van der Waals surface area contributed by atoms with Gasteiger partial charge in [-0.1, -0.05) is 67.0 Å². The second kappa shape index (κ2) is 7.82. The highest BCUT2D eigenvalue weighted by Gasteiger charge is 2.34. The molecule has 0 N–H and O–H groups in total. The normalized spacial score (nSPS) is 16.8. The average Bonchev–Trinajstić information content (AvgIpc) is 3.30. The number of hydrogen-bond donors (Lipinski definition) is 0. The van der Waals surface area contributed by atoms with Gasteiger partial charge in [0.05, 0.1) is 5.92 Å². The molecule has 2 aromatic carbocycles. The van der Waals surface area contributed by atoms with E-state index in [0.29, 0.717) is 37.1 Å². The molecule has 1 aliphatic heterocycles. The molecule has 0 aliphatic carbocycles. The molecule has 1 fully saturated rings. The smallest absolute Gasteiger partial charge is 0.232 e. The highest BCUT2D eigenvalue weighted by molar-refractivity contribution is 5.79. The summed E-state index contributed by atoms with van der Waals surface area (Å²) in [4.78, 5) is 19.0. The van der Waals surface area contributed by atoms with Crippen LogP contribution < -0.4 is 0 Å². The summed E-state index contributed by atoms with van der Waals surface area (Å²) < 4.78 is 5.54. The number of benzene rings is 2. The minimum atomic E-state index is -0.0514. The van der Waals surface area contributed by atoms with Gasteiger partial charge in [-0.25, -0.2) is 0 Å². The fourth-order valence-electron chi connectivity index (χ4n) is 3.89. The first-order chi connectivity index (χ1) is 13.9. The molecule has 29 heavy (non-hydrogen) atoms. The predicted molar refractivity (Wildman–Crippen MR) is 113 cm³/mol. The summed E-state index contributed by atoms with van der Waals surface area (Å²) in [6, 6.07) is 14.7. The Morgan fingerprint density at radius 1 is 1.14 bits per heavy atom. The van der Waals surface area contributed by atoms with E-state index in [1.54, 1.807) is 0 Å². The Hall–Kier alpha value is -2.95. The van der Waals surface area contributed by atoms with Gasteiger partial charge in [0.1, 0.15) is 0 Å². The summed E-state index contributed by atoms with van der Waals surface area (Å²) in [5.74, 6) is 1.73. The summed E-state index contributed by atoms with van der Waals surface area (Å²) >= 11 is 0. The van der Waals surface area contributed by atoms with Gasteiger partial charge in [-0.2, -0.15) is 4.98 Å². The standard InChI is InChI=1S/C24H27N3O2/c1-15(2)19-8-6-18(7-9-19)13-27-14-20(12-22(27)28)24-25-23(26-29-24)21-10-5-16(3)11-17(21)4/h5-11,15,20H,12-14H2,1-4H3. The molecule has 2 heterocycles. The first-order valence-electron chi connectivity index (χ1n) is 10.2. The Morgan fingerprint density at radius 2 is 1.90 bits per heavy atom. The van der Waals surface area contributed by atoms with E-state index in [0.717, 1.165) is 16.7 Å². The van der Waals surface area contributed by atoms with Crippen molar-refractivity contribution >= 4 is 5.91 Å². The van der Waals surface area contributed by atoms with Crippen molar-refractivity contribution < 1.29 is 9.32 Å². The fourth-order valence-corrected chi connectivity index (χ4v) is 3.89. The van der Waals surface area contributed by atoms with Crippen LogP contribution in [-0.4, -0.2) is 27.5 Å². The lowest BCUT2D eigenvalue weighted by Crippen LogP contribution is -2.24. The maximum atomic E-state index is 12.5. The number of nitrogens with zero attached hydrogens (tertiary/aromatic N) is 3. The van der Waals surface area contributed by atoms with E-state index in [-0.39, 0.29) is 11.8 Å². The van der Waals surface area contributed by atoms with Crippen LogP contribution >= 0.6 is 0 Å². The van der Waals surface area contributed by atoms with Crippen molar-refractivity contribution in [3.8, 4) is 11.4 Å². The summed E-state index contributed by atoms with van der Waals surface area (Å²) in [7, 11) is 0. The van der Waals surface area contributed by atoms with Gasteiger partial charge >= 0.3 is 0 Å². The van der Waals surface area contributed by atoms with Crippen LogP contribution in [0.5, 0.6) is 0 Å². The molecule has 5 heteroatoms. The molecule has 1 saturated heterocycles. The molecule has 1 aromatic heterocycles. The second-order valence-electron chi connectivity index (χ2n) is 8.35. The van der Waals surface area contributed by atoms with Crippen LogP contribution in [0.3, 0.4) is 0 Å². The van der Waals surface area contributed by atoms with E-state index in [1.165, 1.54) is 11.1 Å². The van der Waals surface area contributed by atoms with E-state index in [2.05, 4.69) is 61.2 Å². The molecule has 0 radical (unpaired) electrons. The minimum absolute atomic E-state index is 0.0514. The topological polar surface area (TPSA) is 59.2 Å². The van der Waals surface area contributed by atoms with Crippen LogP contribution in [0.1, 0.15) is 60.2 Å². The summed E-state index contributed by atoms with van der Waals surface area (Å²) in [6.07, 6.45) is 0.415. The van der Waals surface area contributed by atoms with Gasteiger partial charge in [-0.3, -0.25) is 4.79 Å². The molecule has 3 aromatic rings. The van der Waals surface area contributed by atoms with Crippen molar-refractivity contribution in [2.45, 2.75) is 52.5 Å². The quantitative estimate of drug-likeness (QED) is 0.617. The average molecular weight is 389 g/mol. The lowest BCUT2D eigenvalue weighted by atomic mass is 10.0. The second-order valence-corrected chi connectivity index (χ2v) is 8.35. The molecule has 1 unspecified atom stereocenters. The number of hydrogen-bond acceptors (Lipinski definition) is 4. The van der Waals surface area contributed by atoms with Crippen molar-refractivity contribution in [1.82, 2.24) is 15.0 Å². The molecule has 1 aliphatic rings. The SMILES string of the molecule is Cc1ccc(-c2noc(C3CC(=O)N(Cc4ccc(C(C)C)cc4)C3)n2)c(C)c1. The van der Waals surface area contributed by atoms with E-state index in [9.17, 15) is 4.79 Å². The Balaban J connectivity index is 1.46. The number of rotatable bonds is 5. The highest BCUT2D eigenvalue weighted by atomic mass is 16.5. The molecule has 1 amide bonds. The van der Waals surface area contributed by atoms with Crippen LogP contribution in [0.15, 0.2) is 47.0 Å². The molecular weight excluding hydrogens is 362 g/mol. The van der Waals surface area contributed by atoms with Crippen LogP contribution in [0.4, 0.5) is 0 Å². The van der Waals surface area contributed by atoms with Crippen molar-refractivity contribution in [1.29, 1.82) is 0 Å². The zero-order valence-electron chi connectivity index (χ0n) is 17.5. The molecule has 0 spiro atoms. The molecule has 4 rings (SSSR count). The number of carbonyl (C=O) groups is 1. The molecule has 1 atom stereocenters. The Kier molecular flexibility index (Phi) is 5.22. The molecule has 150 valence electrons. The maximum absolute atomic E-state index is 12.5. The van der Waals surface area contributed by atoms with Crippen molar-refractivity contribution in [2.75, 3.05) is 6.54 Å². The first kappa shape index (κ1) is 19.4. The van der Waals surface area contributed by atoms with Gasteiger partial charge in [-0.15, -0.1) is 0 Å². The van der Waals surface area contributed by atoms with Gasteiger partial charge in [0.2, 0.25) is 17.6 Å². The van der Waals surface area contributed by atoms with E-state index in [1.807, 2.05) is 24.0 Å². The summed E-state index contributed by atoms with van der Waals surface area (Å²) in [6.45, 7) is 9.70. The minimum Gasteiger partial charge on any atom is -0.339 e. The number of aryl methyl sites for hydroxylation is 2. The lowest BCUT2D eigenvalue weighted by molar-refractivity contribution is -0.128. The third kappa shape index (κ3) is 4.09.